The molecule has 0 bridgehead atoms. The lowest BCUT2D eigenvalue weighted by Crippen LogP contribution is -1.53. The fourth-order valence-electron chi connectivity index (χ4n) is 0.0373. The number of nitrogens with zero attached hydrogens (tertiary/aromatic N) is 1. The van der Waals surface area contributed by atoms with E-state index < -0.39 is 0 Å². The zero-order chi connectivity index (χ0) is 4.12. The Morgan fingerprint density at radius 3 is 2.60 bits per heavy atom. The van der Waals surface area contributed by atoms with Crippen LogP contribution in [-0.4, -0.2) is 6.26 Å². The molecule has 2 nitrogen and oxygen atoms in total. The molecule has 0 aromatic heterocycles. The second kappa shape index (κ2) is 3.64. The molecule has 0 aromatic rings. The van der Waals surface area contributed by atoms with Crippen molar-refractivity contribution in [3.05, 3.63) is 0 Å². The van der Waals surface area contributed by atoms with Gasteiger partial charge in [0, 0.05) is 6.26 Å². The Balaban J connectivity index is 2.48. The van der Waals surface area contributed by atoms with Gasteiger partial charge in [0.05, 0.1) is 12.0 Å². The Labute approximate surface area is 34.9 Å². The van der Waals surface area contributed by atoms with Crippen LogP contribution in [0.3, 0.4) is 0 Å². The highest BCUT2D eigenvalue weighted by Gasteiger charge is 1.62. The summed E-state index contributed by atoms with van der Waals surface area (Å²) in [5.41, 5.74) is 0. The van der Waals surface area contributed by atoms with E-state index >= 15 is 0 Å². The third-order valence-corrected chi connectivity index (χ3v) is 0.362. The monoisotopic (exact) mass is 89.0 g/mol. The minimum atomic E-state index is 1.04. The van der Waals surface area contributed by atoms with Gasteiger partial charge in [-0.05, 0) is 0 Å². The van der Waals surface area contributed by atoms with Gasteiger partial charge in [0.15, 0.2) is 0 Å². The van der Waals surface area contributed by atoms with Crippen LogP contribution in [0.2, 0.25) is 0 Å². The van der Waals surface area contributed by atoms with Gasteiger partial charge in [0.2, 0.25) is 0 Å². The van der Waals surface area contributed by atoms with Crippen LogP contribution in [0, 0.1) is 11.5 Å². The van der Waals surface area contributed by atoms with Crippen molar-refractivity contribution >= 4 is 12.0 Å². The Kier molecular flexibility index (Phi) is 3.38. The van der Waals surface area contributed by atoms with E-state index in [9.17, 15) is 0 Å². The molecule has 5 heavy (non-hydrogen) atoms. The average molecular weight is 89.1 g/mol. The topological polar surface area (TPSA) is 33.0 Å². The van der Waals surface area contributed by atoms with Gasteiger partial charge in [-0.15, -0.1) is 5.26 Å². The van der Waals surface area contributed by atoms with Crippen molar-refractivity contribution < 1.29 is 4.18 Å². The van der Waals surface area contributed by atoms with Gasteiger partial charge in [0.25, 0.3) is 6.26 Å². The number of hydrogen-bond acceptors (Lipinski definition) is 3. The number of hydrogen-bond donors (Lipinski definition) is 0. The molecule has 0 aliphatic heterocycles. The fourth-order valence-corrected chi connectivity index (χ4v) is 0.112. The van der Waals surface area contributed by atoms with E-state index in [-0.39, 0.29) is 0 Å². The third kappa shape index (κ3) is 3.64. The standard InChI is InChI=1S/C2H3NOS/c1-5-4-2-3/h1H3. The normalized spacial score (nSPS) is 5.60. The summed E-state index contributed by atoms with van der Waals surface area (Å²) in [4.78, 5) is 0. The Bertz CT molecular complexity index is 48.1. The highest BCUT2D eigenvalue weighted by molar-refractivity contribution is 7.94. The van der Waals surface area contributed by atoms with Crippen LogP contribution in [0.5, 0.6) is 0 Å². The number of rotatable bonds is 1. The molecule has 0 aromatic carbocycles. The molecule has 0 N–H and O–H groups in total. The van der Waals surface area contributed by atoms with Crippen molar-refractivity contribution in [3.8, 4) is 6.26 Å². The summed E-state index contributed by atoms with van der Waals surface area (Å²) in [7, 11) is 0. The second-order valence-electron chi connectivity index (χ2n) is 0.341. The summed E-state index contributed by atoms with van der Waals surface area (Å²) in [6.45, 7) is 0. The van der Waals surface area contributed by atoms with Gasteiger partial charge in [-0.3, -0.25) is 0 Å². The van der Waals surface area contributed by atoms with Crippen molar-refractivity contribution in [3.63, 3.8) is 0 Å². The molecule has 0 saturated heterocycles. The molecule has 0 heterocycles. The number of nitriles is 1. The first kappa shape index (κ1) is 4.64. The van der Waals surface area contributed by atoms with E-state index in [1.807, 2.05) is 0 Å². The summed E-state index contributed by atoms with van der Waals surface area (Å²) >= 11 is 1.04. The zero-order valence-electron chi connectivity index (χ0n) is 2.76. The van der Waals surface area contributed by atoms with E-state index in [4.69, 9.17) is 5.26 Å². The maximum absolute atomic E-state index is 7.57. The first-order valence-corrected chi connectivity index (χ1v) is 2.15. The van der Waals surface area contributed by atoms with Crippen LogP contribution in [0.1, 0.15) is 0 Å². The van der Waals surface area contributed by atoms with Crippen molar-refractivity contribution in [1.29, 1.82) is 5.26 Å². The Morgan fingerprint density at radius 1 is 2.00 bits per heavy atom. The summed E-state index contributed by atoms with van der Waals surface area (Å²) in [5, 5.41) is 7.57. The predicted octanol–water partition coefficient (Wildman–Crippen LogP) is 0.762. The van der Waals surface area contributed by atoms with Crippen LogP contribution in [0.25, 0.3) is 0 Å². The van der Waals surface area contributed by atoms with Gasteiger partial charge in [0.1, 0.15) is 0 Å². The predicted molar refractivity (Wildman–Crippen MR) is 20.2 cm³/mol. The molecule has 0 aliphatic rings. The van der Waals surface area contributed by atoms with Gasteiger partial charge >= 0.3 is 0 Å². The minimum absolute atomic E-state index is 1.04. The molecular formula is C2H3NOS. The Hall–Kier alpha value is -0.360. The van der Waals surface area contributed by atoms with Crippen molar-refractivity contribution in [1.82, 2.24) is 0 Å². The highest BCUT2D eigenvalue weighted by Crippen LogP contribution is 1.87. The molecule has 0 aliphatic carbocycles. The van der Waals surface area contributed by atoms with Crippen LogP contribution in [0.15, 0.2) is 0 Å². The first-order valence-electron chi connectivity index (χ1n) is 1.00. The Morgan fingerprint density at radius 2 is 2.60 bits per heavy atom. The third-order valence-electron chi connectivity index (χ3n) is 0.121. The van der Waals surface area contributed by atoms with E-state index in [2.05, 4.69) is 4.18 Å². The summed E-state index contributed by atoms with van der Waals surface area (Å²) in [6.07, 6.45) is 3.16. The molecule has 3 heteroatoms. The van der Waals surface area contributed by atoms with Crippen LogP contribution >= 0.6 is 12.0 Å². The molecule has 0 amide bonds. The maximum atomic E-state index is 7.57. The molecule has 0 radical (unpaired) electrons. The molecular weight excluding hydrogens is 86.1 g/mol. The first-order chi connectivity index (χ1) is 2.41. The van der Waals surface area contributed by atoms with Crippen LogP contribution < -0.4 is 0 Å². The van der Waals surface area contributed by atoms with E-state index in [1.54, 1.807) is 6.26 Å². The minimum Gasteiger partial charge on any atom is -0.353 e. The van der Waals surface area contributed by atoms with Gasteiger partial charge < -0.3 is 4.18 Å². The second-order valence-corrected chi connectivity index (χ2v) is 0.841. The van der Waals surface area contributed by atoms with Crippen LogP contribution in [-0.2, 0) is 4.18 Å². The zero-order valence-corrected chi connectivity index (χ0v) is 3.58. The van der Waals surface area contributed by atoms with Gasteiger partial charge in [-0.25, -0.2) is 0 Å². The molecule has 0 atom stereocenters. The molecule has 28 valence electrons. The molecule has 0 saturated carbocycles. The molecule has 0 rings (SSSR count). The summed E-state index contributed by atoms with van der Waals surface area (Å²) in [6, 6.07) is 0. The lowest BCUT2D eigenvalue weighted by Gasteiger charge is -1.72. The molecule has 0 unspecified atom stereocenters. The average Bonchev–Trinajstić information content (AvgIpc) is 1.41. The summed E-state index contributed by atoms with van der Waals surface area (Å²) in [5.74, 6) is 0. The van der Waals surface area contributed by atoms with E-state index in [1.165, 1.54) is 6.26 Å². The van der Waals surface area contributed by atoms with Gasteiger partial charge in [-0.1, -0.05) is 0 Å². The lowest BCUT2D eigenvalue weighted by molar-refractivity contribution is 0.598. The lowest BCUT2D eigenvalue weighted by atomic mass is 11.6. The van der Waals surface area contributed by atoms with Crippen molar-refractivity contribution in [2.45, 2.75) is 0 Å². The fraction of sp³-hybridized carbons (Fsp3) is 0.500. The van der Waals surface area contributed by atoms with Crippen LogP contribution in [0.4, 0.5) is 0 Å². The van der Waals surface area contributed by atoms with Crippen molar-refractivity contribution in [2.75, 3.05) is 6.26 Å². The van der Waals surface area contributed by atoms with E-state index in [0.717, 1.165) is 12.0 Å². The maximum Gasteiger partial charge on any atom is 0.299 e. The van der Waals surface area contributed by atoms with Gasteiger partial charge in [-0.2, -0.15) is 0 Å². The van der Waals surface area contributed by atoms with Crippen molar-refractivity contribution in [2.24, 2.45) is 0 Å². The highest BCUT2D eigenvalue weighted by atomic mass is 32.2. The smallest absolute Gasteiger partial charge is 0.299 e. The molecule has 0 spiro atoms. The molecule has 0 fully saturated rings. The SMILES string of the molecule is CSOC#N. The largest absolute Gasteiger partial charge is 0.353 e. The quantitative estimate of drug-likeness (QED) is 0.351. The van der Waals surface area contributed by atoms with E-state index in [0.29, 0.717) is 0 Å². The summed E-state index contributed by atoms with van der Waals surface area (Å²) < 4.78 is 4.06.